The SMILES string of the molecule is CCCNc1cccc(OC(C)C(C)C)n1. The maximum Gasteiger partial charge on any atom is 0.215 e. The van der Waals surface area contributed by atoms with Crippen molar-refractivity contribution in [2.24, 2.45) is 5.92 Å². The summed E-state index contributed by atoms with van der Waals surface area (Å²) in [6, 6.07) is 5.83. The Labute approximate surface area is 98.2 Å². The van der Waals surface area contributed by atoms with Crippen LogP contribution in [0.3, 0.4) is 0 Å². The van der Waals surface area contributed by atoms with Crippen LogP contribution in [0, 0.1) is 5.92 Å². The van der Waals surface area contributed by atoms with Gasteiger partial charge in [-0.15, -0.1) is 0 Å². The molecule has 1 rings (SSSR count). The average molecular weight is 222 g/mol. The van der Waals surface area contributed by atoms with Crippen molar-refractivity contribution >= 4 is 5.82 Å². The molecule has 0 amide bonds. The third-order valence-corrected chi connectivity index (χ3v) is 2.53. The van der Waals surface area contributed by atoms with Crippen LogP contribution in [0.5, 0.6) is 5.88 Å². The summed E-state index contributed by atoms with van der Waals surface area (Å²) in [6.45, 7) is 9.43. The fraction of sp³-hybridized carbons (Fsp3) is 0.615. The Balaban J connectivity index is 2.59. The zero-order chi connectivity index (χ0) is 12.0. The highest BCUT2D eigenvalue weighted by molar-refractivity contribution is 5.36. The number of ether oxygens (including phenoxy) is 1. The van der Waals surface area contributed by atoms with E-state index in [0.29, 0.717) is 11.8 Å². The van der Waals surface area contributed by atoms with E-state index in [1.54, 1.807) is 0 Å². The highest BCUT2D eigenvalue weighted by Gasteiger charge is 2.09. The third kappa shape index (κ3) is 4.09. The van der Waals surface area contributed by atoms with Gasteiger partial charge in [0.05, 0.1) is 6.10 Å². The Bertz CT molecular complexity index is 313. The van der Waals surface area contributed by atoms with E-state index in [4.69, 9.17) is 4.74 Å². The summed E-state index contributed by atoms with van der Waals surface area (Å²) < 4.78 is 5.75. The van der Waals surface area contributed by atoms with Crippen molar-refractivity contribution in [3.63, 3.8) is 0 Å². The molecule has 3 nitrogen and oxygen atoms in total. The monoisotopic (exact) mass is 222 g/mol. The van der Waals surface area contributed by atoms with Gasteiger partial charge in [0.15, 0.2) is 0 Å². The van der Waals surface area contributed by atoms with E-state index in [1.165, 1.54) is 0 Å². The quantitative estimate of drug-likeness (QED) is 0.801. The lowest BCUT2D eigenvalue weighted by molar-refractivity contribution is 0.163. The molecular formula is C13H22N2O. The van der Waals surface area contributed by atoms with Gasteiger partial charge >= 0.3 is 0 Å². The molecule has 1 atom stereocenters. The molecule has 0 spiro atoms. The first-order valence-electron chi connectivity index (χ1n) is 6.01. The predicted octanol–water partition coefficient (Wildman–Crippen LogP) is 3.33. The molecule has 0 aliphatic carbocycles. The maximum absolute atomic E-state index is 5.75. The summed E-state index contributed by atoms with van der Waals surface area (Å²) >= 11 is 0. The minimum Gasteiger partial charge on any atom is -0.474 e. The van der Waals surface area contributed by atoms with Crippen molar-refractivity contribution < 1.29 is 4.74 Å². The Morgan fingerprint density at radius 2 is 2.06 bits per heavy atom. The van der Waals surface area contributed by atoms with E-state index in [0.717, 1.165) is 18.8 Å². The van der Waals surface area contributed by atoms with Crippen LogP contribution in [0.2, 0.25) is 0 Å². The van der Waals surface area contributed by atoms with Crippen molar-refractivity contribution in [1.29, 1.82) is 0 Å². The molecule has 16 heavy (non-hydrogen) atoms. The molecule has 1 aromatic rings. The lowest BCUT2D eigenvalue weighted by Crippen LogP contribution is -2.19. The Morgan fingerprint density at radius 1 is 1.31 bits per heavy atom. The van der Waals surface area contributed by atoms with Gasteiger partial charge < -0.3 is 10.1 Å². The van der Waals surface area contributed by atoms with Gasteiger partial charge in [-0.25, -0.2) is 0 Å². The molecule has 1 unspecified atom stereocenters. The molecule has 0 aliphatic rings. The summed E-state index contributed by atoms with van der Waals surface area (Å²) in [7, 11) is 0. The molecule has 1 heterocycles. The number of pyridine rings is 1. The first kappa shape index (κ1) is 12.8. The Morgan fingerprint density at radius 3 is 2.69 bits per heavy atom. The number of anilines is 1. The maximum atomic E-state index is 5.75. The molecule has 1 aromatic heterocycles. The zero-order valence-electron chi connectivity index (χ0n) is 10.7. The van der Waals surface area contributed by atoms with Gasteiger partial charge in [-0.05, 0) is 25.3 Å². The van der Waals surface area contributed by atoms with Crippen LogP contribution in [0.15, 0.2) is 18.2 Å². The molecule has 0 radical (unpaired) electrons. The van der Waals surface area contributed by atoms with E-state index in [1.807, 2.05) is 18.2 Å². The number of rotatable bonds is 6. The second kappa shape index (κ2) is 6.36. The highest BCUT2D eigenvalue weighted by atomic mass is 16.5. The highest BCUT2D eigenvalue weighted by Crippen LogP contribution is 2.15. The van der Waals surface area contributed by atoms with Crippen LogP contribution in [-0.2, 0) is 0 Å². The number of hydrogen-bond donors (Lipinski definition) is 1. The number of hydrogen-bond acceptors (Lipinski definition) is 3. The first-order chi connectivity index (χ1) is 7.63. The van der Waals surface area contributed by atoms with Gasteiger partial charge in [-0.3, -0.25) is 0 Å². The topological polar surface area (TPSA) is 34.1 Å². The third-order valence-electron chi connectivity index (χ3n) is 2.53. The minimum atomic E-state index is 0.189. The second-order valence-electron chi connectivity index (χ2n) is 4.35. The number of aromatic nitrogens is 1. The van der Waals surface area contributed by atoms with Crippen molar-refractivity contribution in [2.45, 2.75) is 40.2 Å². The molecule has 0 aliphatic heterocycles. The van der Waals surface area contributed by atoms with E-state index in [2.05, 4.69) is 38.0 Å². The summed E-state index contributed by atoms with van der Waals surface area (Å²) in [5.41, 5.74) is 0. The van der Waals surface area contributed by atoms with Gasteiger partial charge in [-0.2, -0.15) is 4.98 Å². The standard InChI is InChI=1S/C13H22N2O/c1-5-9-14-12-7-6-8-13(15-12)16-11(4)10(2)3/h6-8,10-11H,5,9H2,1-4H3,(H,14,15). The average Bonchev–Trinajstić information content (AvgIpc) is 2.26. The second-order valence-corrected chi connectivity index (χ2v) is 4.35. The molecule has 90 valence electrons. The molecule has 1 N–H and O–H groups in total. The first-order valence-corrected chi connectivity index (χ1v) is 6.01. The zero-order valence-corrected chi connectivity index (χ0v) is 10.7. The summed E-state index contributed by atoms with van der Waals surface area (Å²) in [6.07, 6.45) is 1.28. The Kier molecular flexibility index (Phi) is 5.09. The van der Waals surface area contributed by atoms with E-state index in [-0.39, 0.29) is 6.10 Å². The molecule has 0 saturated heterocycles. The van der Waals surface area contributed by atoms with Crippen molar-refractivity contribution in [1.82, 2.24) is 4.98 Å². The molecule has 0 aromatic carbocycles. The summed E-state index contributed by atoms with van der Waals surface area (Å²) in [5, 5.41) is 3.25. The smallest absolute Gasteiger partial charge is 0.215 e. The molecular weight excluding hydrogens is 200 g/mol. The van der Waals surface area contributed by atoms with E-state index >= 15 is 0 Å². The van der Waals surface area contributed by atoms with Gasteiger partial charge in [0, 0.05) is 12.6 Å². The number of nitrogens with one attached hydrogen (secondary N) is 1. The van der Waals surface area contributed by atoms with Crippen molar-refractivity contribution in [3.8, 4) is 5.88 Å². The molecule has 0 bridgehead atoms. The lowest BCUT2D eigenvalue weighted by atomic mass is 10.1. The van der Waals surface area contributed by atoms with Crippen molar-refractivity contribution in [2.75, 3.05) is 11.9 Å². The van der Waals surface area contributed by atoms with E-state index < -0.39 is 0 Å². The van der Waals surface area contributed by atoms with Crippen LogP contribution in [0.4, 0.5) is 5.82 Å². The summed E-state index contributed by atoms with van der Waals surface area (Å²) in [5.74, 6) is 2.08. The summed E-state index contributed by atoms with van der Waals surface area (Å²) in [4.78, 5) is 4.40. The van der Waals surface area contributed by atoms with Crippen LogP contribution in [0.25, 0.3) is 0 Å². The molecule has 0 fully saturated rings. The lowest BCUT2D eigenvalue weighted by Gasteiger charge is -2.17. The van der Waals surface area contributed by atoms with Crippen LogP contribution >= 0.6 is 0 Å². The van der Waals surface area contributed by atoms with Gasteiger partial charge in [0.25, 0.3) is 0 Å². The molecule has 3 heteroatoms. The van der Waals surface area contributed by atoms with Crippen LogP contribution in [-0.4, -0.2) is 17.6 Å². The fourth-order valence-electron chi connectivity index (χ4n) is 1.16. The fourth-order valence-corrected chi connectivity index (χ4v) is 1.16. The molecule has 0 saturated carbocycles. The van der Waals surface area contributed by atoms with Gasteiger partial charge in [-0.1, -0.05) is 26.8 Å². The van der Waals surface area contributed by atoms with Crippen molar-refractivity contribution in [3.05, 3.63) is 18.2 Å². The van der Waals surface area contributed by atoms with Gasteiger partial charge in [0.1, 0.15) is 5.82 Å². The largest absolute Gasteiger partial charge is 0.474 e. The number of nitrogens with zero attached hydrogens (tertiary/aromatic N) is 1. The van der Waals surface area contributed by atoms with Gasteiger partial charge in [0.2, 0.25) is 5.88 Å². The van der Waals surface area contributed by atoms with Crippen LogP contribution < -0.4 is 10.1 Å². The normalized spacial score (nSPS) is 12.6. The minimum absolute atomic E-state index is 0.189. The van der Waals surface area contributed by atoms with E-state index in [9.17, 15) is 0 Å². The van der Waals surface area contributed by atoms with Crippen LogP contribution in [0.1, 0.15) is 34.1 Å². The predicted molar refractivity (Wildman–Crippen MR) is 67.9 cm³/mol. The Hall–Kier alpha value is -1.25.